The van der Waals surface area contributed by atoms with Gasteiger partial charge in [0.15, 0.2) is 13.2 Å². The van der Waals surface area contributed by atoms with E-state index in [-0.39, 0.29) is 11.3 Å². The van der Waals surface area contributed by atoms with Crippen molar-refractivity contribution in [1.82, 2.24) is 0 Å². The molecule has 0 spiro atoms. The maximum absolute atomic E-state index is 12.3. The predicted molar refractivity (Wildman–Crippen MR) is 91.5 cm³/mol. The highest BCUT2D eigenvalue weighted by Crippen LogP contribution is 2.24. The Kier molecular flexibility index (Phi) is 6.57. The van der Waals surface area contributed by atoms with Crippen LogP contribution in [0.1, 0.15) is 15.9 Å². The number of carbonyl (C=O) groups is 2. The summed E-state index contributed by atoms with van der Waals surface area (Å²) in [6, 6.07) is 13.2. The summed E-state index contributed by atoms with van der Waals surface area (Å²) in [6.45, 7) is -0.882. The third-order valence-electron chi connectivity index (χ3n) is 3.42. The zero-order valence-corrected chi connectivity index (χ0v) is 14.4. The first-order valence-electron chi connectivity index (χ1n) is 7.61. The Hall–Kier alpha value is -3.53. The van der Waals surface area contributed by atoms with Crippen LogP contribution in [-0.2, 0) is 9.53 Å². The molecule has 0 fully saturated rings. The number of hydrogen-bond acceptors (Lipinski definition) is 7. The van der Waals surface area contributed by atoms with Gasteiger partial charge in [0.1, 0.15) is 23.3 Å². The second-order valence-electron chi connectivity index (χ2n) is 5.05. The number of nitriles is 1. The van der Waals surface area contributed by atoms with Crippen molar-refractivity contribution in [1.29, 1.82) is 5.26 Å². The van der Waals surface area contributed by atoms with E-state index >= 15 is 0 Å². The molecule has 0 aliphatic carbocycles. The summed E-state index contributed by atoms with van der Waals surface area (Å²) in [5, 5.41) is 8.97. The summed E-state index contributed by atoms with van der Waals surface area (Å²) in [6.07, 6.45) is 0. The first-order chi connectivity index (χ1) is 12.6. The summed E-state index contributed by atoms with van der Waals surface area (Å²) in [4.78, 5) is 24.1. The van der Waals surface area contributed by atoms with Crippen LogP contribution in [0.25, 0.3) is 0 Å². The number of rotatable bonds is 8. The average molecular weight is 355 g/mol. The number of methoxy groups -OCH3 is 2. The lowest BCUT2D eigenvalue weighted by Crippen LogP contribution is -2.20. The van der Waals surface area contributed by atoms with Crippen LogP contribution in [0.3, 0.4) is 0 Å². The Morgan fingerprint density at radius 2 is 1.77 bits per heavy atom. The third kappa shape index (κ3) is 4.74. The number of Topliss-reactive ketones (excluding diaryl/α,β-unsaturated/α-hetero) is 1. The van der Waals surface area contributed by atoms with Crippen molar-refractivity contribution in [3.8, 4) is 23.3 Å². The van der Waals surface area contributed by atoms with E-state index in [2.05, 4.69) is 0 Å². The van der Waals surface area contributed by atoms with Crippen LogP contribution in [0.4, 0.5) is 0 Å². The van der Waals surface area contributed by atoms with Gasteiger partial charge in [-0.3, -0.25) is 4.79 Å². The third-order valence-corrected chi connectivity index (χ3v) is 3.42. The highest BCUT2D eigenvalue weighted by Gasteiger charge is 2.16. The normalized spacial score (nSPS) is 9.73. The number of nitrogens with zero attached hydrogens (tertiary/aromatic N) is 1. The molecule has 7 nitrogen and oxygen atoms in total. The van der Waals surface area contributed by atoms with Gasteiger partial charge in [0.05, 0.1) is 25.3 Å². The maximum Gasteiger partial charge on any atom is 0.344 e. The molecule has 0 aliphatic rings. The molecule has 26 heavy (non-hydrogen) atoms. The van der Waals surface area contributed by atoms with Gasteiger partial charge in [-0.15, -0.1) is 0 Å². The topological polar surface area (TPSA) is 94.8 Å². The van der Waals surface area contributed by atoms with Crippen LogP contribution >= 0.6 is 0 Å². The molecule has 0 unspecified atom stereocenters. The van der Waals surface area contributed by atoms with E-state index in [9.17, 15) is 9.59 Å². The highest BCUT2D eigenvalue weighted by atomic mass is 16.6. The lowest BCUT2D eigenvalue weighted by atomic mass is 10.1. The summed E-state index contributed by atoms with van der Waals surface area (Å²) in [5.74, 6) is -0.0600. The van der Waals surface area contributed by atoms with Crippen LogP contribution < -0.4 is 14.2 Å². The first-order valence-corrected chi connectivity index (χ1v) is 7.61. The van der Waals surface area contributed by atoms with Crippen molar-refractivity contribution < 1.29 is 28.5 Å². The molecule has 0 heterocycles. The van der Waals surface area contributed by atoms with E-state index in [1.165, 1.54) is 20.3 Å². The number of carbonyl (C=O) groups excluding carboxylic acids is 2. The summed E-state index contributed by atoms with van der Waals surface area (Å²) < 4.78 is 20.4. The number of ketones is 1. The van der Waals surface area contributed by atoms with E-state index in [1.54, 1.807) is 36.4 Å². The van der Waals surface area contributed by atoms with Crippen LogP contribution in [0, 0.1) is 11.3 Å². The SMILES string of the molecule is COc1ccc(OC)c(C(=O)COC(=O)COc2ccccc2C#N)c1. The Morgan fingerprint density at radius 1 is 1.00 bits per heavy atom. The number of ether oxygens (including phenoxy) is 4. The molecular weight excluding hydrogens is 338 g/mol. The van der Waals surface area contributed by atoms with Crippen molar-refractivity contribution >= 4 is 11.8 Å². The fourth-order valence-corrected chi connectivity index (χ4v) is 2.12. The van der Waals surface area contributed by atoms with Gasteiger partial charge in [-0.2, -0.15) is 5.26 Å². The Bertz CT molecular complexity index is 840. The molecule has 0 radical (unpaired) electrons. The monoisotopic (exact) mass is 355 g/mol. The molecule has 0 amide bonds. The molecule has 0 atom stereocenters. The number of esters is 1. The largest absolute Gasteiger partial charge is 0.497 e. The van der Waals surface area contributed by atoms with Gasteiger partial charge in [0, 0.05) is 0 Å². The number of para-hydroxylation sites is 1. The van der Waals surface area contributed by atoms with E-state index in [0.717, 1.165) is 0 Å². The first kappa shape index (κ1) is 18.8. The minimum Gasteiger partial charge on any atom is -0.497 e. The van der Waals surface area contributed by atoms with Crippen molar-refractivity contribution in [3.63, 3.8) is 0 Å². The fourth-order valence-electron chi connectivity index (χ4n) is 2.12. The molecule has 0 N–H and O–H groups in total. The Balaban J connectivity index is 1.93. The smallest absolute Gasteiger partial charge is 0.344 e. The molecule has 0 saturated carbocycles. The van der Waals surface area contributed by atoms with Crippen LogP contribution in [-0.4, -0.2) is 39.2 Å². The van der Waals surface area contributed by atoms with E-state index < -0.39 is 25.0 Å². The average Bonchev–Trinajstić information content (AvgIpc) is 2.69. The quantitative estimate of drug-likeness (QED) is 0.530. The Labute approximate surface area is 150 Å². The molecule has 0 aromatic heterocycles. The maximum atomic E-state index is 12.3. The van der Waals surface area contributed by atoms with Crippen LogP contribution in [0.2, 0.25) is 0 Å². The Morgan fingerprint density at radius 3 is 2.46 bits per heavy atom. The fraction of sp³-hybridized carbons (Fsp3) is 0.211. The van der Waals surface area contributed by atoms with Gasteiger partial charge in [0.25, 0.3) is 0 Å². The van der Waals surface area contributed by atoms with Gasteiger partial charge in [-0.05, 0) is 30.3 Å². The van der Waals surface area contributed by atoms with Gasteiger partial charge in [0.2, 0.25) is 5.78 Å². The minimum absolute atomic E-state index is 0.246. The predicted octanol–water partition coefficient (Wildman–Crippen LogP) is 2.38. The van der Waals surface area contributed by atoms with Gasteiger partial charge >= 0.3 is 5.97 Å². The van der Waals surface area contributed by atoms with E-state index in [1.807, 2.05) is 6.07 Å². The second-order valence-corrected chi connectivity index (χ2v) is 5.05. The van der Waals surface area contributed by atoms with E-state index in [4.69, 9.17) is 24.2 Å². The molecule has 134 valence electrons. The summed E-state index contributed by atoms with van der Waals surface area (Å²) in [7, 11) is 2.91. The molecular formula is C19H17NO6. The molecule has 2 rings (SSSR count). The minimum atomic E-state index is -0.729. The summed E-state index contributed by atoms with van der Waals surface area (Å²) in [5.41, 5.74) is 0.549. The lowest BCUT2D eigenvalue weighted by Gasteiger charge is -2.10. The molecule has 2 aromatic carbocycles. The lowest BCUT2D eigenvalue weighted by molar-refractivity contribution is -0.144. The van der Waals surface area contributed by atoms with Gasteiger partial charge < -0.3 is 18.9 Å². The zero-order chi connectivity index (χ0) is 18.9. The molecule has 0 bridgehead atoms. The van der Waals surface area contributed by atoms with Crippen LogP contribution in [0.15, 0.2) is 42.5 Å². The standard InChI is InChI=1S/C19H17NO6/c1-23-14-7-8-18(24-2)15(9-14)16(21)11-26-19(22)12-25-17-6-4-3-5-13(17)10-20/h3-9H,11-12H2,1-2H3. The van der Waals surface area contributed by atoms with Crippen molar-refractivity contribution in [3.05, 3.63) is 53.6 Å². The van der Waals surface area contributed by atoms with Gasteiger partial charge in [-0.25, -0.2) is 4.79 Å². The molecule has 7 heteroatoms. The zero-order valence-electron chi connectivity index (χ0n) is 14.4. The van der Waals surface area contributed by atoms with Crippen molar-refractivity contribution in [2.24, 2.45) is 0 Å². The van der Waals surface area contributed by atoms with Crippen molar-refractivity contribution in [2.75, 3.05) is 27.4 Å². The number of hydrogen-bond donors (Lipinski definition) is 0. The van der Waals surface area contributed by atoms with E-state index in [0.29, 0.717) is 17.1 Å². The van der Waals surface area contributed by atoms with Crippen molar-refractivity contribution in [2.45, 2.75) is 0 Å². The number of benzene rings is 2. The second kappa shape index (κ2) is 9.08. The summed E-state index contributed by atoms with van der Waals surface area (Å²) >= 11 is 0. The van der Waals surface area contributed by atoms with Crippen LogP contribution in [0.5, 0.6) is 17.2 Å². The highest BCUT2D eigenvalue weighted by molar-refractivity contribution is 6.00. The molecule has 2 aromatic rings. The van der Waals surface area contributed by atoms with Gasteiger partial charge in [-0.1, -0.05) is 12.1 Å². The molecule has 0 aliphatic heterocycles. The molecule has 0 saturated heterocycles.